The van der Waals surface area contributed by atoms with Crippen LogP contribution in [0.1, 0.15) is 48.9 Å². The number of hydrogen-bond donors (Lipinski definition) is 2. The molecule has 1 aliphatic carbocycles. The van der Waals surface area contributed by atoms with Crippen LogP contribution < -0.4 is 14.8 Å². The highest BCUT2D eigenvalue weighted by Gasteiger charge is 2.29. The topological polar surface area (TPSA) is 120 Å². The lowest BCUT2D eigenvalue weighted by atomic mass is 9.98. The van der Waals surface area contributed by atoms with Gasteiger partial charge in [-0.2, -0.15) is 8.42 Å². The minimum Gasteiger partial charge on any atom is -0.449 e. The quantitative estimate of drug-likeness (QED) is 0.344. The highest BCUT2D eigenvalue weighted by Crippen LogP contribution is 2.44. The van der Waals surface area contributed by atoms with Gasteiger partial charge in [-0.3, -0.25) is 5.32 Å². The monoisotopic (exact) mass is 556 g/mol. The van der Waals surface area contributed by atoms with Gasteiger partial charge in [-0.05, 0) is 67.1 Å². The van der Waals surface area contributed by atoms with E-state index in [0.29, 0.717) is 5.56 Å². The number of rotatable bonds is 7. The molecule has 39 heavy (non-hydrogen) atoms. The van der Waals surface area contributed by atoms with E-state index < -0.39 is 28.3 Å². The molecule has 1 aliphatic rings. The number of fused-ring (bicyclic) bond motifs is 3. The highest BCUT2D eigenvalue weighted by atomic mass is 32.3. The molecule has 0 aromatic heterocycles. The molecule has 0 saturated heterocycles. The number of anilines is 1. The molecule has 11 heteroatoms. The zero-order valence-electron chi connectivity index (χ0n) is 21.9. The first-order valence-corrected chi connectivity index (χ1v) is 13.5. The molecule has 2 N–H and O–H groups in total. The van der Waals surface area contributed by atoms with E-state index in [1.807, 2.05) is 48.5 Å². The summed E-state index contributed by atoms with van der Waals surface area (Å²) in [4.78, 5) is 24.8. The van der Waals surface area contributed by atoms with Gasteiger partial charge in [0.25, 0.3) is 0 Å². The molecular formula is C28H29FN2O7S. The maximum Gasteiger partial charge on any atom is 0.488 e. The highest BCUT2D eigenvalue weighted by molar-refractivity contribution is 7.81. The van der Waals surface area contributed by atoms with Crippen molar-refractivity contribution in [3.05, 3.63) is 82.9 Å². The first-order valence-electron chi connectivity index (χ1n) is 12.2. The fourth-order valence-electron chi connectivity index (χ4n) is 4.43. The van der Waals surface area contributed by atoms with E-state index in [1.165, 1.54) is 13.0 Å². The van der Waals surface area contributed by atoms with Gasteiger partial charge in [-0.25, -0.2) is 9.59 Å². The molecular weight excluding hydrogens is 527 g/mol. The van der Waals surface area contributed by atoms with Gasteiger partial charge in [0.1, 0.15) is 12.2 Å². The Morgan fingerprint density at radius 2 is 1.54 bits per heavy atom. The summed E-state index contributed by atoms with van der Waals surface area (Å²) < 4.78 is 50.8. The average Bonchev–Trinajstić information content (AvgIpc) is 3.15. The predicted molar refractivity (Wildman–Crippen MR) is 144 cm³/mol. The molecule has 0 unspecified atom stereocenters. The Kier molecular flexibility index (Phi) is 7.82. The Bertz CT molecular complexity index is 1470. The number of hydrogen-bond acceptors (Lipinski definition) is 7. The molecule has 206 valence electrons. The number of carbonyl (C=O) groups excluding carboxylic acids is 2. The Balaban J connectivity index is 1.47. The number of ether oxygens (including phenoxy) is 2. The average molecular weight is 557 g/mol. The molecule has 0 atom stereocenters. The van der Waals surface area contributed by atoms with Crippen molar-refractivity contribution in [2.24, 2.45) is 0 Å². The van der Waals surface area contributed by atoms with Crippen molar-refractivity contribution < 1.29 is 35.5 Å². The fourth-order valence-corrected chi connectivity index (χ4v) is 4.82. The Hall–Kier alpha value is -4.12. The molecule has 9 nitrogen and oxygen atoms in total. The van der Waals surface area contributed by atoms with E-state index in [4.69, 9.17) is 9.47 Å². The minimum atomic E-state index is -5.34. The maximum absolute atomic E-state index is 13.3. The smallest absolute Gasteiger partial charge is 0.449 e. The van der Waals surface area contributed by atoms with Crippen LogP contribution >= 0.6 is 0 Å². The fraction of sp³-hybridized carbons (Fsp3) is 0.286. The van der Waals surface area contributed by atoms with Crippen LogP contribution in [0.25, 0.3) is 11.1 Å². The van der Waals surface area contributed by atoms with Crippen LogP contribution in [0, 0.1) is 6.92 Å². The van der Waals surface area contributed by atoms with Gasteiger partial charge in [0.05, 0.1) is 0 Å². The third kappa shape index (κ3) is 7.05. The summed E-state index contributed by atoms with van der Waals surface area (Å²) in [6, 6.07) is 18.5. The second kappa shape index (κ2) is 10.9. The van der Waals surface area contributed by atoms with Crippen molar-refractivity contribution in [3.8, 4) is 16.9 Å². The van der Waals surface area contributed by atoms with E-state index in [0.717, 1.165) is 28.3 Å². The molecule has 0 fully saturated rings. The van der Waals surface area contributed by atoms with Crippen molar-refractivity contribution in [1.82, 2.24) is 5.32 Å². The molecule has 3 aromatic carbocycles. The SMILES string of the molecule is Cc1c(CNC(=O)OCC2c3ccccc3-c3ccccc32)cc(NC(=O)OC(C)(C)C)cc1OS(=O)(=O)F. The molecule has 0 spiro atoms. The predicted octanol–water partition coefficient (Wildman–Crippen LogP) is 5.97. The number of nitrogens with one attached hydrogen (secondary N) is 2. The van der Waals surface area contributed by atoms with Crippen LogP contribution in [-0.4, -0.2) is 32.8 Å². The van der Waals surface area contributed by atoms with E-state index in [2.05, 4.69) is 14.8 Å². The molecule has 4 rings (SSSR count). The van der Waals surface area contributed by atoms with Crippen LogP contribution in [0.15, 0.2) is 60.7 Å². The zero-order valence-corrected chi connectivity index (χ0v) is 22.7. The van der Waals surface area contributed by atoms with Gasteiger partial charge < -0.3 is 19.0 Å². The number of alkyl carbamates (subject to hydrolysis) is 1. The molecule has 0 heterocycles. The van der Waals surface area contributed by atoms with Gasteiger partial charge in [0, 0.05) is 24.2 Å². The van der Waals surface area contributed by atoms with Gasteiger partial charge in [-0.1, -0.05) is 52.4 Å². The first kappa shape index (κ1) is 27.9. The summed E-state index contributed by atoms with van der Waals surface area (Å²) in [5.74, 6) is -0.476. The normalized spacial score (nSPS) is 12.7. The second-order valence-electron chi connectivity index (χ2n) is 10.0. The standard InChI is InChI=1S/C28H29FN2O7S/c1-17-18(13-19(14-25(17)38-39(29,34)35)31-27(33)37-28(2,3)4)15-30-26(32)36-16-24-22-11-7-5-9-20(22)21-10-6-8-12-23(21)24/h5-14,24H,15-16H2,1-4H3,(H,30,32)(H,31,33). The maximum atomic E-state index is 13.3. The van der Waals surface area contributed by atoms with Crippen molar-refractivity contribution in [3.63, 3.8) is 0 Å². The van der Waals surface area contributed by atoms with Crippen molar-refractivity contribution >= 4 is 28.4 Å². The number of halogens is 1. The summed E-state index contributed by atoms with van der Waals surface area (Å²) in [6.45, 7) is 6.51. The van der Waals surface area contributed by atoms with E-state index in [1.54, 1.807) is 20.8 Å². The summed E-state index contributed by atoms with van der Waals surface area (Å²) >= 11 is 0. The molecule has 0 radical (unpaired) electrons. The van der Waals surface area contributed by atoms with Crippen LogP contribution in [0.5, 0.6) is 5.75 Å². The Morgan fingerprint density at radius 1 is 0.949 bits per heavy atom. The third-order valence-electron chi connectivity index (χ3n) is 6.07. The lowest BCUT2D eigenvalue weighted by Gasteiger charge is -2.20. The summed E-state index contributed by atoms with van der Waals surface area (Å²) in [7, 11) is -5.34. The van der Waals surface area contributed by atoms with Crippen molar-refractivity contribution in [2.45, 2.75) is 45.8 Å². The minimum absolute atomic E-state index is 0.0813. The molecule has 2 amide bonds. The Labute approximate surface area is 226 Å². The van der Waals surface area contributed by atoms with Gasteiger partial charge in [0.15, 0.2) is 5.75 Å². The van der Waals surface area contributed by atoms with Crippen molar-refractivity contribution in [1.29, 1.82) is 0 Å². The lowest BCUT2D eigenvalue weighted by molar-refractivity contribution is 0.0635. The number of benzene rings is 3. The summed E-state index contributed by atoms with van der Waals surface area (Å²) in [6.07, 6.45) is -1.52. The zero-order chi connectivity index (χ0) is 28.4. The molecule has 0 saturated carbocycles. The van der Waals surface area contributed by atoms with Gasteiger partial charge in [0.2, 0.25) is 0 Å². The second-order valence-corrected chi connectivity index (χ2v) is 11.0. The van der Waals surface area contributed by atoms with E-state index in [9.17, 15) is 21.9 Å². The number of amides is 2. The number of carbonyl (C=O) groups is 2. The van der Waals surface area contributed by atoms with E-state index in [-0.39, 0.29) is 36.1 Å². The summed E-state index contributed by atoms with van der Waals surface area (Å²) in [5.41, 5.74) is 4.23. The Morgan fingerprint density at radius 3 is 2.10 bits per heavy atom. The van der Waals surface area contributed by atoms with Crippen LogP contribution in [-0.2, 0) is 26.5 Å². The van der Waals surface area contributed by atoms with Crippen LogP contribution in [0.4, 0.5) is 19.2 Å². The largest absolute Gasteiger partial charge is 0.488 e. The van der Waals surface area contributed by atoms with Crippen LogP contribution in [0.3, 0.4) is 0 Å². The molecule has 0 bridgehead atoms. The molecule has 3 aromatic rings. The van der Waals surface area contributed by atoms with E-state index >= 15 is 0 Å². The third-order valence-corrected chi connectivity index (χ3v) is 6.45. The van der Waals surface area contributed by atoms with Crippen LogP contribution in [0.2, 0.25) is 0 Å². The van der Waals surface area contributed by atoms with Gasteiger partial charge >= 0.3 is 22.7 Å². The molecule has 0 aliphatic heterocycles. The van der Waals surface area contributed by atoms with Crippen molar-refractivity contribution in [2.75, 3.05) is 11.9 Å². The lowest BCUT2D eigenvalue weighted by Crippen LogP contribution is -2.28. The summed E-state index contributed by atoms with van der Waals surface area (Å²) in [5, 5.41) is 5.08. The first-order chi connectivity index (χ1) is 18.3. The van der Waals surface area contributed by atoms with Gasteiger partial charge in [-0.15, -0.1) is 0 Å².